The highest BCUT2D eigenvalue weighted by Gasteiger charge is 2.03. The Labute approximate surface area is 117 Å². The first-order chi connectivity index (χ1) is 9.58. The molecule has 106 valence electrons. The summed E-state index contributed by atoms with van der Waals surface area (Å²) in [5.74, 6) is 0.403. The lowest BCUT2D eigenvalue weighted by atomic mass is 10.2. The van der Waals surface area contributed by atoms with Gasteiger partial charge in [0, 0.05) is 38.6 Å². The van der Waals surface area contributed by atoms with E-state index < -0.39 is 0 Å². The standard InChI is InChI=1S/C14H18N4O2/c1-18(2)12-6-4-5-10(7-12)15-14-16-11(9-20-3)8-13(19)17-14/h4-8H,9H2,1-3H3,(H2,15,16,17,19). The molecule has 0 radical (unpaired) electrons. The minimum Gasteiger partial charge on any atom is -0.378 e. The molecule has 20 heavy (non-hydrogen) atoms. The van der Waals surface area contributed by atoms with E-state index in [9.17, 15) is 4.79 Å². The molecule has 0 saturated carbocycles. The van der Waals surface area contributed by atoms with Gasteiger partial charge in [-0.3, -0.25) is 9.78 Å². The highest BCUT2D eigenvalue weighted by Crippen LogP contribution is 2.19. The van der Waals surface area contributed by atoms with Gasteiger partial charge >= 0.3 is 0 Å². The van der Waals surface area contributed by atoms with Crippen LogP contribution < -0.4 is 15.8 Å². The number of rotatable bonds is 5. The van der Waals surface area contributed by atoms with Crippen LogP contribution in [-0.4, -0.2) is 31.2 Å². The number of hydrogen-bond acceptors (Lipinski definition) is 5. The van der Waals surface area contributed by atoms with Crippen LogP contribution in [0.15, 0.2) is 35.1 Å². The number of aromatic nitrogens is 2. The summed E-state index contributed by atoms with van der Waals surface area (Å²) < 4.78 is 4.99. The summed E-state index contributed by atoms with van der Waals surface area (Å²) in [5, 5.41) is 3.09. The third-order valence-corrected chi connectivity index (χ3v) is 2.71. The lowest BCUT2D eigenvalue weighted by Gasteiger charge is -2.14. The van der Waals surface area contributed by atoms with Crippen LogP contribution in [0.3, 0.4) is 0 Å². The summed E-state index contributed by atoms with van der Waals surface area (Å²) >= 11 is 0. The molecule has 1 aromatic carbocycles. The van der Waals surface area contributed by atoms with Crippen molar-refractivity contribution in [1.29, 1.82) is 0 Å². The zero-order chi connectivity index (χ0) is 14.5. The van der Waals surface area contributed by atoms with E-state index in [2.05, 4.69) is 15.3 Å². The Kier molecular flexibility index (Phi) is 4.37. The summed E-state index contributed by atoms with van der Waals surface area (Å²) in [6, 6.07) is 9.25. The monoisotopic (exact) mass is 274 g/mol. The van der Waals surface area contributed by atoms with Crippen molar-refractivity contribution in [3.8, 4) is 0 Å². The van der Waals surface area contributed by atoms with Crippen molar-refractivity contribution < 1.29 is 4.74 Å². The number of benzene rings is 1. The fraction of sp³-hybridized carbons (Fsp3) is 0.286. The number of nitrogens with one attached hydrogen (secondary N) is 2. The van der Waals surface area contributed by atoms with Gasteiger partial charge in [-0.25, -0.2) is 4.98 Å². The first-order valence-electron chi connectivity index (χ1n) is 6.22. The molecule has 0 atom stereocenters. The summed E-state index contributed by atoms with van der Waals surface area (Å²) in [7, 11) is 5.51. The van der Waals surface area contributed by atoms with Gasteiger partial charge in [-0.05, 0) is 18.2 Å². The van der Waals surface area contributed by atoms with E-state index in [0.717, 1.165) is 11.4 Å². The number of aromatic amines is 1. The number of hydrogen-bond donors (Lipinski definition) is 2. The third kappa shape index (κ3) is 3.58. The molecule has 1 aromatic heterocycles. The van der Waals surface area contributed by atoms with E-state index in [4.69, 9.17) is 4.74 Å². The van der Waals surface area contributed by atoms with Crippen LogP contribution in [0, 0.1) is 0 Å². The van der Waals surface area contributed by atoms with Crippen molar-refractivity contribution in [2.45, 2.75) is 6.61 Å². The first-order valence-corrected chi connectivity index (χ1v) is 6.22. The number of nitrogens with zero attached hydrogens (tertiary/aromatic N) is 2. The zero-order valence-corrected chi connectivity index (χ0v) is 11.8. The molecule has 0 spiro atoms. The molecule has 0 aliphatic heterocycles. The van der Waals surface area contributed by atoms with Gasteiger partial charge in [-0.2, -0.15) is 0 Å². The largest absolute Gasteiger partial charge is 0.378 e. The first kappa shape index (κ1) is 14.1. The fourth-order valence-corrected chi connectivity index (χ4v) is 1.79. The van der Waals surface area contributed by atoms with Gasteiger partial charge in [-0.1, -0.05) is 6.07 Å². The fourth-order valence-electron chi connectivity index (χ4n) is 1.79. The molecule has 1 heterocycles. The third-order valence-electron chi connectivity index (χ3n) is 2.71. The van der Waals surface area contributed by atoms with Crippen molar-refractivity contribution in [2.24, 2.45) is 0 Å². The number of methoxy groups -OCH3 is 1. The molecular formula is C14H18N4O2. The molecule has 6 nitrogen and oxygen atoms in total. The van der Waals surface area contributed by atoms with Crippen LogP contribution in [0.4, 0.5) is 17.3 Å². The Bertz CT molecular complexity index is 637. The highest BCUT2D eigenvalue weighted by molar-refractivity contribution is 5.61. The van der Waals surface area contributed by atoms with E-state index in [1.165, 1.54) is 6.07 Å². The summed E-state index contributed by atoms with van der Waals surface area (Å²) in [6.45, 7) is 0.302. The molecule has 0 bridgehead atoms. The Morgan fingerprint density at radius 1 is 1.35 bits per heavy atom. The lowest BCUT2D eigenvalue weighted by molar-refractivity contribution is 0.181. The summed E-state index contributed by atoms with van der Waals surface area (Å²) in [6.07, 6.45) is 0. The van der Waals surface area contributed by atoms with Gasteiger partial charge in [0.2, 0.25) is 5.95 Å². The predicted octanol–water partition coefficient (Wildman–Crippen LogP) is 1.73. The van der Waals surface area contributed by atoms with Crippen LogP contribution in [0.5, 0.6) is 0 Å². The SMILES string of the molecule is COCc1cc(=O)[nH]c(Nc2cccc(N(C)C)c2)n1. The average Bonchev–Trinajstić information content (AvgIpc) is 2.38. The summed E-state index contributed by atoms with van der Waals surface area (Å²) in [5.41, 5.74) is 2.29. The van der Waals surface area contributed by atoms with Gasteiger partial charge in [0.25, 0.3) is 5.56 Å². The molecule has 0 amide bonds. The highest BCUT2D eigenvalue weighted by atomic mass is 16.5. The predicted molar refractivity (Wildman–Crippen MR) is 79.6 cm³/mol. The number of anilines is 3. The Balaban J connectivity index is 2.25. The van der Waals surface area contributed by atoms with Gasteiger partial charge in [0.1, 0.15) is 0 Å². The van der Waals surface area contributed by atoms with Gasteiger partial charge < -0.3 is 15.0 Å². The Morgan fingerprint density at radius 2 is 2.15 bits per heavy atom. The van der Waals surface area contributed by atoms with Crippen molar-refractivity contribution in [2.75, 3.05) is 31.4 Å². The molecule has 0 saturated heterocycles. The van der Waals surface area contributed by atoms with Gasteiger partial charge in [-0.15, -0.1) is 0 Å². The molecule has 2 aromatic rings. The van der Waals surface area contributed by atoms with Gasteiger partial charge in [0.05, 0.1) is 12.3 Å². The van der Waals surface area contributed by atoms with Crippen LogP contribution in [-0.2, 0) is 11.3 Å². The molecular weight excluding hydrogens is 256 g/mol. The molecule has 6 heteroatoms. The normalized spacial score (nSPS) is 10.3. The molecule has 2 N–H and O–H groups in total. The average molecular weight is 274 g/mol. The van der Waals surface area contributed by atoms with Crippen LogP contribution in [0.25, 0.3) is 0 Å². The van der Waals surface area contributed by atoms with Crippen molar-refractivity contribution in [3.05, 3.63) is 46.4 Å². The van der Waals surface area contributed by atoms with Crippen molar-refractivity contribution in [3.63, 3.8) is 0 Å². The maximum atomic E-state index is 11.6. The molecule has 0 fully saturated rings. The van der Waals surface area contributed by atoms with Crippen LogP contribution in [0.2, 0.25) is 0 Å². The number of H-pyrrole nitrogens is 1. The smallest absolute Gasteiger partial charge is 0.252 e. The van der Waals surface area contributed by atoms with E-state index in [1.807, 2.05) is 43.3 Å². The van der Waals surface area contributed by atoms with Gasteiger partial charge in [0.15, 0.2) is 0 Å². The van der Waals surface area contributed by atoms with E-state index in [0.29, 0.717) is 18.2 Å². The van der Waals surface area contributed by atoms with Crippen LogP contribution in [0.1, 0.15) is 5.69 Å². The molecule has 0 aliphatic rings. The van der Waals surface area contributed by atoms with Crippen molar-refractivity contribution in [1.82, 2.24) is 9.97 Å². The van der Waals surface area contributed by atoms with Crippen LogP contribution >= 0.6 is 0 Å². The molecule has 0 unspecified atom stereocenters. The Hall–Kier alpha value is -2.34. The van der Waals surface area contributed by atoms with Crippen molar-refractivity contribution >= 4 is 17.3 Å². The Morgan fingerprint density at radius 3 is 2.85 bits per heavy atom. The maximum absolute atomic E-state index is 11.6. The van der Waals surface area contributed by atoms with E-state index in [-0.39, 0.29) is 5.56 Å². The molecule has 0 aliphatic carbocycles. The second kappa shape index (κ2) is 6.21. The topological polar surface area (TPSA) is 70.2 Å². The molecule has 2 rings (SSSR count). The zero-order valence-electron chi connectivity index (χ0n) is 11.8. The second-order valence-corrected chi connectivity index (χ2v) is 4.59. The number of ether oxygens (including phenoxy) is 1. The van der Waals surface area contributed by atoms with E-state index in [1.54, 1.807) is 7.11 Å². The maximum Gasteiger partial charge on any atom is 0.252 e. The minimum atomic E-state index is -0.210. The van der Waals surface area contributed by atoms with E-state index >= 15 is 0 Å². The second-order valence-electron chi connectivity index (χ2n) is 4.59. The minimum absolute atomic E-state index is 0.210. The summed E-state index contributed by atoms with van der Waals surface area (Å²) in [4.78, 5) is 20.5. The quantitative estimate of drug-likeness (QED) is 0.869. The lowest BCUT2D eigenvalue weighted by Crippen LogP contribution is -2.13.